The maximum absolute atomic E-state index is 13.3. The number of furan rings is 4. The van der Waals surface area contributed by atoms with Crippen LogP contribution in [0, 0.1) is 0 Å². The number of nitrogens with zero attached hydrogens (tertiary/aromatic N) is 2. The molecule has 676 valence electrons. The summed E-state index contributed by atoms with van der Waals surface area (Å²) in [6.45, 7) is 0. The fourth-order valence-electron chi connectivity index (χ4n) is 20.2. The molecule has 0 aliphatic carbocycles. The Bertz CT molecular complexity index is 10300. The SMILES string of the molecule is O=S(=O)(c1ccccc1)c1ccc(-c2cc3ccccc3c3c2oc2ccc4ccccc4c23)nc1.O=S(=O)(c1ccccc1)c1cncc(-c2cc3ccccc3c3c2oc2ccc4ccccc4c23)c1.O=S(c1ccccc1)c1ccc(-c2cc3ccccc3c3c2oc2ccc4ccccc4c23)cc1.O=S(c1ccccc1)c1cccc(-c2cc3ccccc3c3c2oc2ccc4ccccc4c23)c1. The fraction of sp³-hybridized carbons (Fsp3) is 0. The molecule has 28 aromatic rings. The van der Waals surface area contributed by atoms with Crippen molar-refractivity contribution in [2.24, 2.45) is 0 Å². The highest BCUT2D eigenvalue weighted by Crippen LogP contribution is 2.50. The minimum absolute atomic E-state index is 0.147. The van der Waals surface area contributed by atoms with Crippen LogP contribution in [0.1, 0.15) is 0 Å². The van der Waals surface area contributed by atoms with Gasteiger partial charge in [0.2, 0.25) is 19.7 Å². The summed E-state index contributed by atoms with van der Waals surface area (Å²) in [6, 6.07) is 149. The Kier molecular flexibility index (Phi) is 21.6. The molecule has 6 heterocycles. The summed E-state index contributed by atoms with van der Waals surface area (Å²) in [5, 5.41) is 27.0. The Labute approximate surface area is 819 Å². The van der Waals surface area contributed by atoms with Crippen molar-refractivity contribution < 1.29 is 42.9 Å². The largest absolute Gasteiger partial charge is 0.455 e. The van der Waals surface area contributed by atoms with E-state index < -0.39 is 41.3 Å². The van der Waals surface area contributed by atoms with Crippen LogP contribution in [0.3, 0.4) is 0 Å². The third kappa shape index (κ3) is 15.1. The first-order valence-electron chi connectivity index (χ1n) is 46.5. The van der Waals surface area contributed by atoms with Crippen molar-refractivity contribution in [3.63, 3.8) is 0 Å². The van der Waals surface area contributed by atoms with Gasteiger partial charge in [-0.25, -0.2) is 25.3 Å². The van der Waals surface area contributed by atoms with Gasteiger partial charge >= 0.3 is 0 Å². The predicted octanol–water partition coefficient (Wildman–Crippen LogP) is 33.0. The van der Waals surface area contributed by atoms with Crippen molar-refractivity contribution in [2.75, 3.05) is 0 Å². The number of benzene rings is 22. The zero-order valence-corrected chi connectivity index (χ0v) is 78.9. The minimum Gasteiger partial charge on any atom is -0.455 e. The third-order valence-corrected chi connectivity index (χ3v) is 33.1. The third-order valence-electron chi connectivity index (χ3n) is 26.8. The predicted molar refractivity (Wildman–Crippen MR) is 578 cm³/mol. The Hall–Kier alpha value is -17.4. The molecule has 28 rings (SSSR count). The Morgan fingerprint density at radius 1 is 0.197 bits per heavy atom. The van der Waals surface area contributed by atoms with Crippen LogP contribution in [0.2, 0.25) is 0 Å². The minimum atomic E-state index is -3.71. The van der Waals surface area contributed by atoms with Crippen LogP contribution >= 0.6 is 0 Å². The molecule has 142 heavy (non-hydrogen) atoms. The van der Waals surface area contributed by atoms with Crippen molar-refractivity contribution in [3.05, 3.63) is 474 Å². The van der Waals surface area contributed by atoms with E-state index in [0.717, 1.165) is 189 Å². The summed E-state index contributed by atoms with van der Waals surface area (Å²) in [4.78, 5) is 12.9. The number of hydrogen-bond acceptors (Lipinski definition) is 12. The van der Waals surface area contributed by atoms with Gasteiger partial charge in [-0.1, -0.05) is 315 Å². The van der Waals surface area contributed by atoms with E-state index in [1.807, 2.05) is 164 Å². The molecule has 2 atom stereocenters. The van der Waals surface area contributed by atoms with Gasteiger partial charge in [0.25, 0.3) is 0 Å². The fourth-order valence-corrected chi connectivity index (χ4v) is 24.8. The lowest BCUT2D eigenvalue weighted by atomic mass is 9.95. The summed E-state index contributed by atoms with van der Waals surface area (Å²) in [5.74, 6) is 0. The van der Waals surface area contributed by atoms with Crippen LogP contribution in [0.25, 0.3) is 219 Å². The smallest absolute Gasteiger partial charge is 0.208 e. The molecule has 0 aliphatic heterocycles. The van der Waals surface area contributed by atoms with Crippen LogP contribution in [0.15, 0.2) is 530 Å². The first-order valence-corrected chi connectivity index (χ1v) is 51.7. The Morgan fingerprint density at radius 3 is 0.880 bits per heavy atom. The van der Waals surface area contributed by atoms with Crippen molar-refractivity contribution in [1.82, 2.24) is 9.97 Å². The average Bonchev–Trinajstić information content (AvgIpc) is 1.58. The lowest BCUT2D eigenvalue weighted by Crippen LogP contribution is -2.02. The zero-order chi connectivity index (χ0) is 95.3. The molecule has 0 saturated carbocycles. The summed E-state index contributed by atoms with van der Waals surface area (Å²) in [5.41, 5.74) is 13.6. The molecule has 16 heteroatoms. The van der Waals surface area contributed by atoms with Crippen molar-refractivity contribution in [3.8, 4) is 44.6 Å². The maximum atomic E-state index is 13.3. The molecular weight excluding hydrogens is 1830 g/mol. The van der Waals surface area contributed by atoms with Gasteiger partial charge in [-0.3, -0.25) is 9.97 Å². The van der Waals surface area contributed by atoms with Gasteiger partial charge in [0.1, 0.15) is 44.7 Å². The van der Waals surface area contributed by atoms with Crippen LogP contribution in [-0.2, 0) is 41.3 Å². The molecular formula is C126H78N2O10S4. The standard InChI is InChI=1S/2C32H20O2S.2C31H19NO3S/c33-35(24-12-2-1-3-13-24)25-14-8-11-22(19-25)28-20-23-10-5-7-16-27(23)31-30-26-15-6-4-9-21(26)17-18-29(30)34-32(28)31;33-35(24-10-2-1-3-11-24)25-17-14-22(15-18-25)28-20-23-9-5-7-13-27(23)31-30-26-12-6-4-8-21(26)16-19-29(30)34-32(28)31;33-36(34,22-10-2-1-3-11-22)23-15-16-27(32-19-23)26-18-21-9-5-7-13-25(21)30-29-24-12-6-4-8-20(24)14-17-28(29)35-31(26)30;33-36(34,23-10-2-1-3-11-23)24-16-22(18-32-19-24)27-17-21-9-5-7-13-26(21)30-29-25-12-6-4-8-20(25)14-15-28(29)35-31(27)30/h2*1-20H;2*1-19H. The number of pyridine rings is 2. The second-order valence-corrected chi connectivity index (χ2v) is 41.9. The summed E-state index contributed by atoms with van der Waals surface area (Å²) >= 11 is 0. The van der Waals surface area contributed by atoms with Crippen molar-refractivity contribution in [2.45, 2.75) is 39.2 Å². The molecule has 22 aromatic carbocycles. The molecule has 0 N–H and O–H groups in total. The van der Waals surface area contributed by atoms with Gasteiger partial charge in [0.05, 0.1) is 46.9 Å². The molecule has 0 amide bonds. The van der Waals surface area contributed by atoms with E-state index in [9.17, 15) is 25.3 Å². The monoisotopic (exact) mass is 1910 g/mol. The van der Waals surface area contributed by atoms with Gasteiger partial charge in [-0.2, -0.15) is 0 Å². The van der Waals surface area contributed by atoms with Crippen LogP contribution < -0.4 is 0 Å². The average molecular weight is 1910 g/mol. The van der Waals surface area contributed by atoms with E-state index in [0.29, 0.717) is 11.3 Å². The van der Waals surface area contributed by atoms with E-state index in [2.05, 4.69) is 222 Å². The first-order chi connectivity index (χ1) is 69.8. The van der Waals surface area contributed by atoms with Gasteiger partial charge in [-0.05, 0) is 237 Å². The highest BCUT2D eigenvalue weighted by molar-refractivity contribution is 7.91. The Balaban J connectivity index is 0.0000000995. The highest BCUT2D eigenvalue weighted by Gasteiger charge is 2.28. The van der Waals surface area contributed by atoms with Crippen LogP contribution in [0.4, 0.5) is 0 Å². The van der Waals surface area contributed by atoms with E-state index >= 15 is 0 Å². The molecule has 12 nitrogen and oxygen atoms in total. The number of fused-ring (bicyclic) bond motifs is 28. The molecule has 0 aliphatic rings. The topological polar surface area (TPSA) is 181 Å². The zero-order valence-electron chi connectivity index (χ0n) is 75.6. The molecule has 0 saturated heterocycles. The molecule has 0 spiro atoms. The van der Waals surface area contributed by atoms with E-state index in [-0.39, 0.29) is 19.6 Å². The molecule has 6 aromatic heterocycles. The Morgan fingerprint density at radius 2 is 0.500 bits per heavy atom. The molecule has 0 radical (unpaired) electrons. The lowest BCUT2D eigenvalue weighted by Gasteiger charge is -2.09. The maximum Gasteiger partial charge on any atom is 0.208 e. The number of sulfone groups is 2. The van der Waals surface area contributed by atoms with Crippen molar-refractivity contribution in [1.29, 1.82) is 0 Å². The van der Waals surface area contributed by atoms with Gasteiger partial charge in [0, 0.05) is 109 Å². The number of hydrogen-bond donors (Lipinski definition) is 0. The van der Waals surface area contributed by atoms with Crippen LogP contribution in [-0.4, -0.2) is 35.2 Å². The van der Waals surface area contributed by atoms with Gasteiger partial charge in [0.15, 0.2) is 0 Å². The van der Waals surface area contributed by atoms with Gasteiger partial charge in [-0.15, -0.1) is 0 Å². The van der Waals surface area contributed by atoms with Gasteiger partial charge < -0.3 is 17.7 Å². The summed E-state index contributed by atoms with van der Waals surface area (Å²) in [7, 11) is -9.83. The normalized spacial score (nSPS) is 12.3. The van der Waals surface area contributed by atoms with Crippen LogP contribution in [0.5, 0.6) is 0 Å². The summed E-state index contributed by atoms with van der Waals surface area (Å²) < 4.78 is 105. The number of rotatable bonds is 12. The number of aromatic nitrogens is 2. The highest BCUT2D eigenvalue weighted by atomic mass is 32.2. The first kappa shape index (κ1) is 86.2. The second-order valence-electron chi connectivity index (χ2n) is 35.1. The van der Waals surface area contributed by atoms with Crippen molar-refractivity contribution >= 4 is 215 Å². The molecule has 0 fully saturated rings. The summed E-state index contributed by atoms with van der Waals surface area (Å²) in [6.07, 6.45) is 4.52. The quantitative estimate of drug-likeness (QED) is 0.113. The van der Waals surface area contributed by atoms with E-state index in [1.165, 1.54) is 50.1 Å². The lowest BCUT2D eigenvalue weighted by molar-refractivity contribution is 0.594. The molecule has 0 bridgehead atoms. The second kappa shape index (κ2) is 35.6. The van der Waals surface area contributed by atoms with E-state index in [4.69, 9.17) is 17.7 Å². The van der Waals surface area contributed by atoms with E-state index in [1.54, 1.807) is 85.1 Å². The molecule has 2 unspecified atom stereocenters.